The van der Waals surface area contributed by atoms with Gasteiger partial charge in [0.1, 0.15) is 0 Å². The van der Waals surface area contributed by atoms with Crippen LogP contribution in [0.15, 0.2) is 35.3 Å². The Bertz CT molecular complexity index is 581. The van der Waals surface area contributed by atoms with Crippen molar-refractivity contribution in [3.63, 3.8) is 0 Å². The van der Waals surface area contributed by atoms with Crippen molar-refractivity contribution < 1.29 is 8.42 Å². The van der Waals surface area contributed by atoms with Gasteiger partial charge in [-0.3, -0.25) is 4.99 Å². The molecule has 2 N–H and O–H groups in total. The van der Waals surface area contributed by atoms with Crippen LogP contribution in [-0.4, -0.2) is 39.3 Å². The molecule has 0 atom stereocenters. The predicted molar refractivity (Wildman–Crippen MR) is 90.7 cm³/mol. The van der Waals surface area contributed by atoms with Gasteiger partial charge >= 0.3 is 0 Å². The molecule has 0 aromatic heterocycles. The zero-order chi connectivity index (χ0) is 15.8. The fourth-order valence-electron chi connectivity index (χ4n) is 2.12. The Balaban J connectivity index is 1.76. The van der Waals surface area contributed by atoms with Crippen LogP contribution >= 0.6 is 0 Å². The van der Waals surface area contributed by atoms with E-state index in [0.717, 1.165) is 18.1 Å². The van der Waals surface area contributed by atoms with Crippen LogP contribution in [0.1, 0.15) is 31.7 Å². The number of nitrogens with zero attached hydrogens (tertiary/aromatic N) is 1. The summed E-state index contributed by atoms with van der Waals surface area (Å²) in [6.45, 7) is 3.36. The molecule has 0 unspecified atom stereocenters. The topological polar surface area (TPSA) is 70.6 Å². The molecule has 0 amide bonds. The van der Waals surface area contributed by atoms with Crippen molar-refractivity contribution in [1.29, 1.82) is 0 Å². The highest BCUT2D eigenvalue weighted by Crippen LogP contribution is 2.18. The number of rotatable bonds is 8. The van der Waals surface area contributed by atoms with Gasteiger partial charge in [0.05, 0.1) is 11.5 Å². The third-order valence-corrected chi connectivity index (χ3v) is 5.06. The summed E-state index contributed by atoms with van der Waals surface area (Å²) in [5.41, 5.74) is 0.842. The number of nitrogens with one attached hydrogen (secondary N) is 2. The third kappa shape index (κ3) is 6.47. The van der Waals surface area contributed by atoms with E-state index >= 15 is 0 Å². The predicted octanol–water partition coefficient (Wildman–Crippen LogP) is 1.71. The lowest BCUT2D eigenvalue weighted by Gasteiger charge is -2.10. The van der Waals surface area contributed by atoms with Crippen molar-refractivity contribution in [2.24, 2.45) is 4.99 Å². The number of hydrogen-bond donors (Lipinski definition) is 2. The van der Waals surface area contributed by atoms with Crippen molar-refractivity contribution >= 4 is 15.8 Å². The molecule has 0 bridgehead atoms. The average molecular weight is 323 g/mol. The lowest BCUT2D eigenvalue weighted by atomic mass is 10.2. The van der Waals surface area contributed by atoms with Crippen molar-refractivity contribution in [2.45, 2.75) is 38.0 Å². The minimum absolute atomic E-state index is 0.109. The summed E-state index contributed by atoms with van der Waals surface area (Å²) in [5, 5.41) is 6.50. The first-order valence-corrected chi connectivity index (χ1v) is 9.70. The molecule has 1 fully saturated rings. The minimum atomic E-state index is -3.07. The summed E-state index contributed by atoms with van der Waals surface area (Å²) >= 11 is 0. The van der Waals surface area contributed by atoms with Crippen molar-refractivity contribution in [3.05, 3.63) is 35.9 Å². The third-order valence-electron chi connectivity index (χ3n) is 3.38. The largest absolute Gasteiger partial charge is 0.357 e. The Morgan fingerprint density at radius 2 is 2.00 bits per heavy atom. The zero-order valence-electron chi connectivity index (χ0n) is 13.1. The van der Waals surface area contributed by atoms with Gasteiger partial charge in [0, 0.05) is 19.1 Å². The molecule has 5 nitrogen and oxygen atoms in total. The van der Waals surface area contributed by atoms with Crippen molar-refractivity contribution in [3.8, 4) is 0 Å². The van der Waals surface area contributed by atoms with Gasteiger partial charge in [0.2, 0.25) is 0 Å². The smallest absolute Gasteiger partial charge is 0.191 e. The first-order chi connectivity index (χ1) is 10.6. The molecule has 0 saturated heterocycles. The molecule has 1 aliphatic carbocycles. The summed E-state index contributed by atoms with van der Waals surface area (Å²) in [6, 6.07) is 9.85. The Labute approximate surface area is 133 Å². The molecule has 0 aliphatic heterocycles. The van der Waals surface area contributed by atoms with Crippen LogP contribution in [0.5, 0.6) is 0 Å². The molecule has 1 aromatic carbocycles. The highest BCUT2D eigenvalue weighted by molar-refractivity contribution is 7.90. The fourth-order valence-corrected chi connectivity index (χ4v) is 3.53. The normalized spacial score (nSPS) is 15.6. The lowest BCUT2D eigenvalue weighted by Crippen LogP contribution is -2.38. The van der Waals surface area contributed by atoms with Gasteiger partial charge in [-0.1, -0.05) is 30.3 Å². The molecule has 122 valence electrons. The molecule has 22 heavy (non-hydrogen) atoms. The fraction of sp³-hybridized carbons (Fsp3) is 0.562. The van der Waals surface area contributed by atoms with Gasteiger partial charge in [-0.15, -0.1) is 0 Å². The van der Waals surface area contributed by atoms with E-state index in [2.05, 4.69) is 15.6 Å². The van der Waals surface area contributed by atoms with Crippen LogP contribution in [0.3, 0.4) is 0 Å². The van der Waals surface area contributed by atoms with Crippen molar-refractivity contribution in [1.82, 2.24) is 10.6 Å². The number of benzene rings is 1. The van der Waals surface area contributed by atoms with E-state index in [9.17, 15) is 8.42 Å². The van der Waals surface area contributed by atoms with Crippen molar-refractivity contribution in [2.75, 3.05) is 18.8 Å². The van der Waals surface area contributed by atoms with Gasteiger partial charge in [0.25, 0.3) is 0 Å². The van der Waals surface area contributed by atoms with Crippen LogP contribution < -0.4 is 10.6 Å². The molecule has 2 rings (SSSR count). The zero-order valence-corrected chi connectivity index (χ0v) is 13.9. The molecule has 0 heterocycles. The Kier molecular flexibility index (Phi) is 6.24. The van der Waals surface area contributed by atoms with Gasteiger partial charge in [-0.25, -0.2) is 8.42 Å². The van der Waals surface area contributed by atoms with Crippen LogP contribution in [0.25, 0.3) is 0 Å². The highest BCUT2D eigenvalue weighted by Gasteiger charge is 2.22. The Hall–Kier alpha value is -1.56. The molecular weight excluding hydrogens is 298 g/mol. The number of guanidine groups is 1. The Morgan fingerprint density at radius 3 is 2.64 bits per heavy atom. The molecule has 0 spiro atoms. The number of aliphatic imine (C=N–C) groups is 1. The maximum atomic E-state index is 12.1. The summed E-state index contributed by atoms with van der Waals surface area (Å²) < 4.78 is 24.2. The average Bonchev–Trinajstić information content (AvgIpc) is 3.28. The molecule has 6 heteroatoms. The van der Waals surface area contributed by atoms with E-state index in [4.69, 9.17) is 0 Å². The number of sulfone groups is 1. The second kappa shape index (κ2) is 8.17. The number of hydrogen-bond acceptors (Lipinski definition) is 3. The van der Waals surface area contributed by atoms with E-state index < -0.39 is 9.84 Å². The molecule has 0 radical (unpaired) electrons. The second-order valence-electron chi connectivity index (χ2n) is 5.61. The molecule has 1 aliphatic rings. The van der Waals surface area contributed by atoms with Gasteiger partial charge in [-0.05, 0) is 31.7 Å². The van der Waals surface area contributed by atoms with Gasteiger partial charge < -0.3 is 10.6 Å². The van der Waals surface area contributed by atoms with E-state index in [1.165, 1.54) is 12.8 Å². The first-order valence-electron chi connectivity index (χ1n) is 7.88. The van der Waals surface area contributed by atoms with Crippen LogP contribution in [0.2, 0.25) is 0 Å². The highest BCUT2D eigenvalue weighted by atomic mass is 32.2. The van der Waals surface area contributed by atoms with E-state index in [1.807, 2.05) is 37.3 Å². The molecule has 1 aromatic rings. The van der Waals surface area contributed by atoms with Crippen LogP contribution in [0, 0.1) is 0 Å². The first kappa shape index (κ1) is 16.8. The van der Waals surface area contributed by atoms with E-state index in [0.29, 0.717) is 19.0 Å². The Morgan fingerprint density at radius 1 is 1.27 bits per heavy atom. The van der Waals surface area contributed by atoms with Crippen LogP contribution in [0.4, 0.5) is 0 Å². The standard InChI is InChI=1S/C16H25N3O2S/c1-2-17-16(19-15-9-10-15)18-11-6-12-22(20,21)13-14-7-4-3-5-8-14/h3-5,7-8,15H,2,6,9-13H2,1H3,(H2,17,18,19). The monoisotopic (exact) mass is 323 g/mol. The SMILES string of the molecule is CCNC(=NCCCS(=O)(=O)Cc1ccccc1)NC1CC1. The summed E-state index contributed by atoms with van der Waals surface area (Å²) in [4.78, 5) is 4.43. The van der Waals surface area contributed by atoms with E-state index in [-0.39, 0.29) is 11.5 Å². The van der Waals surface area contributed by atoms with E-state index in [1.54, 1.807) is 0 Å². The van der Waals surface area contributed by atoms with Crippen LogP contribution in [-0.2, 0) is 15.6 Å². The summed E-state index contributed by atoms with van der Waals surface area (Å²) in [7, 11) is -3.07. The van der Waals surface area contributed by atoms with Gasteiger partial charge in [-0.2, -0.15) is 0 Å². The van der Waals surface area contributed by atoms with Gasteiger partial charge in [0.15, 0.2) is 15.8 Å². The summed E-state index contributed by atoms with van der Waals surface area (Å²) in [5.74, 6) is 1.08. The quantitative estimate of drug-likeness (QED) is 0.434. The second-order valence-corrected chi connectivity index (χ2v) is 7.79. The molecule has 1 saturated carbocycles. The summed E-state index contributed by atoms with van der Waals surface area (Å²) in [6.07, 6.45) is 2.93. The maximum absolute atomic E-state index is 12.1. The molecular formula is C16H25N3O2S. The lowest BCUT2D eigenvalue weighted by molar-refractivity contribution is 0.592. The maximum Gasteiger partial charge on any atom is 0.191 e. The minimum Gasteiger partial charge on any atom is -0.357 e.